The number of amides is 1. The molecule has 6 aromatic carbocycles. The van der Waals surface area contributed by atoms with Gasteiger partial charge in [0.05, 0.1) is 11.9 Å². The van der Waals surface area contributed by atoms with E-state index in [1.54, 1.807) is 14.0 Å². The Morgan fingerprint density at radius 1 is 0.344 bits per heavy atom. The van der Waals surface area contributed by atoms with Crippen molar-refractivity contribution in [1.29, 1.82) is 0 Å². The van der Waals surface area contributed by atoms with Gasteiger partial charge >= 0.3 is 0 Å². The Labute approximate surface area is 748 Å². The van der Waals surface area contributed by atoms with Crippen LogP contribution in [-0.2, 0) is 14.8 Å². The summed E-state index contributed by atoms with van der Waals surface area (Å²) in [5.74, 6) is -0.00671. The summed E-state index contributed by atoms with van der Waals surface area (Å²) >= 11 is 0. The number of hydrogen-bond acceptors (Lipinski definition) is 15. The molecule has 0 radical (unpaired) electrons. The third-order valence-corrected chi connectivity index (χ3v) is 27.4. The van der Waals surface area contributed by atoms with Crippen LogP contribution in [0.4, 0.5) is 34.1 Å². The summed E-state index contributed by atoms with van der Waals surface area (Å²) in [6.07, 6.45) is 19.7. The van der Waals surface area contributed by atoms with Gasteiger partial charge in [-0.3, -0.25) is 38.9 Å². The topological polar surface area (TPSA) is 114 Å². The van der Waals surface area contributed by atoms with Gasteiger partial charge in [0.25, 0.3) is 0 Å². The molecule has 17 nitrogen and oxygen atoms in total. The second-order valence-corrected chi connectivity index (χ2v) is 44.3. The lowest BCUT2D eigenvalue weighted by atomic mass is 9.96. The second kappa shape index (κ2) is 42.8. The summed E-state index contributed by atoms with van der Waals surface area (Å²) in [7, 11) is 11.8. The van der Waals surface area contributed by atoms with Gasteiger partial charge in [0, 0.05) is 176 Å². The lowest BCUT2D eigenvalue weighted by Gasteiger charge is -2.41. The fourth-order valence-electron chi connectivity index (χ4n) is 21.0. The molecule has 1 amide bonds. The number of hydrogen-bond donors (Lipinski definition) is 2. The highest BCUT2D eigenvalue weighted by atomic mass is 32.2. The first-order valence-corrected chi connectivity index (χ1v) is 48.4. The van der Waals surface area contributed by atoms with Crippen molar-refractivity contribution < 1.29 is 17.3 Å². The number of nitrogens with zero attached hydrogens (tertiary/aromatic N) is 12. The number of carbonyl (C=O) groups excluding carboxylic acids is 1. The van der Waals surface area contributed by atoms with Crippen LogP contribution in [0.5, 0.6) is 0 Å². The van der Waals surface area contributed by atoms with Gasteiger partial charge < -0.3 is 34.7 Å². The van der Waals surface area contributed by atoms with E-state index in [1.165, 1.54) is 160 Å². The maximum absolute atomic E-state index is 11.5. The van der Waals surface area contributed by atoms with Crippen molar-refractivity contribution in [1.82, 2.24) is 39.2 Å². The number of piperidine rings is 1. The van der Waals surface area contributed by atoms with Gasteiger partial charge in [0.15, 0.2) is 0 Å². The molecule has 0 saturated carbocycles. The summed E-state index contributed by atoms with van der Waals surface area (Å²) < 4.78 is 48.7. The molecule has 8 saturated heterocycles. The third kappa shape index (κ3) is 26.8. The molecule has 8 aliphatic heterocycles. The van der Waals surface area contributed by atoms with Crippen LogP contribution in [0.25, 0.3) is 0 Å². The van der Waals surface area contributed by atoms with Crippen LogP contribution >= 0.6 is 0 Å². The molecule has 18 heteroatoms. The van der Waals surface area contributed by atoms with Crippen molar-refractivity contribution in [3.63, 3.8) is 0 Å². The monoisotopic (exact) mass is 1700 g/mol. The van der Waals surface area contributed by atoms with Crippen molar-refractivity contribution in [2.24, 2.45) is 0 Å². The first-order valence-electron chi connectivity index (χ1n) is 48.0. The molecule has 0 aromatic heterocycles. The number of rotatable bonds is 15. The van der Waals surface area contributed by atoms with Gasteiger partial charge in [-0.15, -0.1) is 0 Å². The minimum Gasteiger partial charge on any atom is -0.377 e. The lowest BCUT2D eigenvalue weighted by Crippen LogP contribution is -2.46. The van der Waals surface area contributed by atoms with Crippen LogP contribution in [-0.4, -0.2) is 227 Å². The summed E-state index contributed by atoms with van der Waals surface area (Å²) in [4.78, 5) is 40.5. The van der Waals surface area contributed by atoms with E-state index in [-0.39, 0.29) is 45.2 Å². The summed E-state index contributed by atoms with van der Waals surface area (Å²) in [5, 5.41) is 2.96. The average molecular weight is 1700 g/mol. The Kier molecular flexibility index (Phi) is 33.2. The minimum atomic E-state index is -3.25. The smallest absolute Gasteiger partial charge is 0.229 e. The van der Waals surface area contributed by atoms with Crippen molar-refractivity contribution in [2.45, 2.75) is 309 Å². The Bertz CT molecular complexity index is 4480. The van der Waals surface area contributed by atoms with Gasteiger partial charge in [-0.1, -0.05) is 109 Å². The maximum atomic E-state index is 11.5. The Morgan fingerprint density at radius 2 is 0.598 bits per heavy atom. The highest BCUT2D eigenvalue weighted by Crippen LogP contribution is 2.48. The van der Waals surface area contributed by atoms with Crippen LogP contribution < -0.4 is 29.6 Å². The summed E-state index contributed by atoms with van der Waals surface area (Å²) in [5.41, 5.74) is 15.7. The fraction of sp³-hybridized carbons (Fsp3) is 0.644. The predicted molar refractivity (Wildman–Crippen MR) is 524 cm³/mol. The van der Waals surface area contributed by atoms with Crippen molar-refractivity contribution in [3.05, 3.63) is 179 Å². The molecule has 8 heterocycles. The minimum absolute atomic E-state index is 0.00671. The van der Waals surface area contributed by atoms with E-state index in [1.807, 2.05) is 54.6 Å². The quantitative estimate of drug-likeness (QED) is 0.102. The van der Waals surface area contributed by atoms with E-state index in [4.69, 9.17) is 4.11 Å². The van der Waals surface area contributed by atoms with Gasteiger partial charge in [0.1, 0.15) is 0 Å². The molecule has 0 bridgehead atoms. The lowest BCUT2D eigenvalue weighted by molar-refractivity contribution is -0.114. The number of nitrogens with one attached hydrogen (secondary N) is 2. The molecule has 8 fully saturated rings. The third-order valence-electron chi connectivity index (χ3n) is 26.8. The van der Waals surface area contributed by atoms with E-state index >= 15 is 0 Å². The molecule has 8 aliphatic rings. The number of sulfonamides is 1. The SMILES string of the molecule is CC(=O)Nc1ccccc1C1CCCN1C(C)(C)C.CC(C)(C)N1CCCC1c1ccccc1NS(C)(=O)=O.CN(C)c1ccccc1[C@@H]1CCCN1C(C)(C)C.CN1CCC(N(C)c2ccccc2[C@H]2CCCN2C(C)(C)C)C1.CN1CCCC(N(C)c2ccccc2C2CCCN2C(C)(C)C)C1.[2H]C([2H])([2H])N(C)c1ccccc1[C@@H]1CCCN1C(C)(C)C. The highest BCUT2D eigenvalue weighted by Gasteiger charge is 2.42. The van der Waals surface area contributed by atoms with Gasteiger partial charge in [-0.2, -0.15) is 0 Å². The number of likely N-dealkylation sites (N-methyl/N-ethyl adjacent to an activating group) is 4. The number of likely N-dealkylation sites (tertiary alicyclic amines) is 8. The van der Waals surface area contributed by atoms with Crippen LogP contribution in [0.1, 0.15) is 302 Å². The van der Waals surface area contributed by atoms with Crippen molar-refractivity contribution in [2.75, 3.05) is 158 Å². The standard InChI is InChI=1S/C21H35N3.C20H33N3.C16H24N2O.2C16H26N2.C15H24N2O2S/c1-21(2,3)24-15-9-13-20(24)18-11-6-7-12-19(18)23(5)17-10-8-14-22(4)16-17;1-20(2,3)23-13-8-11-19(23)17-9-6-7-10-18(17)22(5)16-12-14-21(4)15-16;1-12(19)17-14-9-6-5-8-13(14)15-10-7-11-18(15)16(2,3)4;2*1-16(2,3)18-12-8-11-15(18)13-9-6-7-10-14(13)17(4)5;1-15(2,3)17-11-7-10-14(17)12-8-5-6-9-13(12)16-20(4,18)19/h6-7,11-12,17,20H,8-10,13-16H2,1-5H3;6-7,9-10,16,19H,8,11-15H2,1-5H3;5-6,8-9,15H,7,10-11H2,1-4H3,(H,17,19);2*6-7,9-10,15H,8,11-12H2,1-5H3;5-6,8-9,14,16H,7,10-11H2,1-4H3/t;16?,19-;;2*15-;/m.1.00./s1/i;;;4D3;;. The first-order chi connectivity index (χ1) is 58.4. The van der Waals surface area contributed by atoms with Crippen LogP contribution in [0.3, 0.4) is 0 Å². The highest BCUT2D eigenvalue weighted by molar-refractivity contribution is 7.92. The number of carbonyl (C=O) groups is 1. The molecule has 5 unspecified atom stereocenters. The summed E-state index contributed by atoms with van der Waals surface area (Å²) in [6.45, 7) is 52.3. The van der Waals surface area contributed by atoms with Crippen molar-refractivity contribution >= 4 is 50.1 Å². The Hall–Kier alpha value is -6.58. The zero-order chi connectivity index (χ0) is 92.1. The van der Waals surface area contributed by atoms with Crippen LogP contribution in [0.2, 0.25) is 0 Å². The van der Waals surface area contributed by atoms with E-state index in [2.05, 4.69) is 322 Å². The number of benzene rings is 6. The zero-order valence-electron chi connectivity index (χ0n) is 84.2. The Morgan fingerprint density at radius 3 is 0.893 bits per heavy atom. The van der Waals surface area contributed by atoms with Crippen LogP contribution in [0, 0.1) is 0 Å². The fourth-order valence-corrected chi connectivity index (χ4v) is 21.6. The maximum Gasteiger partial charge on any atom is 0.229 e. The summed E-state index contributed by atoms with van der Waals surface area (Å²) in [6, 6.07) is 54.8. The Balaban J connectivity index is 0.000000170. The van der Waals surface area contributed by atoms with Gasteiger partial charge in [-0.25, -0.2) is 8.42 Å². The van der Waals surface area contributed by atoms with E-state index in [0.29, 0.717) is 48.0 Å². The molecule has 6 aromatic rings. The second-order valence-electron chi connectivity index (χ2n) is 42.5. The molecular formula is C104H168N14O3S. The first kappa shape index (κ1) is 94.5. The molecule has 2 N–H and O–H groups in total. The van der Waals surface area contributed by atoms with E-state index < -0.39 is 17.0 Å². The molecular weight excluding hydrogens is 1530 g/mol. The van der Waals surface area contributed by atoms with Gasteiger partial charge in [0.2, 0.25) is 15.9 Å². The average Bonchev–Trinajstić information content (AvgIpc) is 1.45. The molecule has 122 heavy (non-hydrogen) atoms. The van der Waals surface area contributed by atoms with Gasteiger partial charge in [-0.05, 0) is 357 Å². The van der Waals surface area contributed by atoms with Crippen molar-refractivity contribution in [3.8, 4) is 0 Å². The molecule has 0 spiro atoms. The number of anilines is 6. The largest absolute Gasteiger partial charge is 0.377 e. The number of para-hydroxylation sites is 6. The molecule has 678 valence electrons. The van der Waals surface area contributed by atoms with Crippen LogP contribution in [0.15, 0.2) is 146 Å². The van der Waals surface area contributed by atoms with E-state index in [0.717, 1.165) is 74.2 Å². The zero-order valence-corrected chi connectivity index (χ0v) is 82.0. The molecule has 14 rings (SSSR count). The molecule has 8 atom stereocenters. The normalized spacial score (nSPS) is 23.7. The molecule has 0 aliphatic carbocycles. The van der Waals surface area contributed by atoms with E-state index in [9.17, 15) is 13.2 Å². The predicted octanol–water partition coefficient (Wildman–Crippen LogP) is 21.9.